The molecule has 23 heavy (non-hydrogen) atoms. The van der Waals surface area contributed by atoms with E-state index in [4.69, 9.17) is 20.2 Å². The van der Waals surface area contributed by atoms with Crippen LogP contribution < -0.4 is 0 Å². The second kappa shape index (κ2) is 11.0. The first kappa shape index (κ1) is 21.3. The Morgan fingerprint density at radius 1 is 0.783 bits per heavy atom. The molecule has 0 heterocycles. The lowest BCUT2D eigenvalue weighted by atomic mass is 10.1. The number of nitrogens with zero attached hydrogens (tertiary/aromatic N) is 1. The van der Waals surface area contributed by atoms with Gasteiger partial charge in [0.2, 0.25) is 0 Å². The summed E-state index contributed by atoms with van der Waals surface area (Å²) in [7, 11) is 0. The lowest BCUT2D eigenvalue weighted by Crippen LogP contribution is -2.35. The Kier molecular flexibility index (Phi) is 10.2. The second-order valence-electron chi connectivity index (χ2n) is 6.25. The van der Waals surface area contributed by atoms with Crippen LogP contribution in [0.1, 0.15) is 40.0 Å². The van der Waals surface area contributed by atoms with E-state index in [1.54, 1.807) is 25.8 Å². The predicted molar refractivity (Wildman–Crippen MR) is 81.8 cm³/mol. The molecule has 0 saturated carbocycles. The van der Waals surface area contributed by atoms with Crippen LogP contribution in [0.25, 0.3) is 0 Å². The van der Waals surface area contributed by atoms with Crippen LogP contribution in [0.2, 0.25) is 0 Å². The minimum atomic E-state index is -0.911. The number of hydroxylamine groups is 2. The van der Waals surface area contributed by atoms with Crippen molar-refractivity contribution < 1.29 is 34.5 Å². The summed E-state index contributed by atoms with van der Waals surface area (Å²) in [5.41, 5.74) is 0. The van der Waals surface area contributed by atoms with Gasteiger partial charge in [0.05, 0.1) is 13.0 Å². The molecule has 0 fully saturated rings. The summed E-state index contributed by atoms with van der Waals surface area (Å²) >= 11 is 0. The molecule has 0 amide bonds. The highest BCUT2D eigenvalue weighted by molar-refractivity contribution is 5.67. The standard InChI is InChI=1S/C15H27NO7/c1-10(4-13(17)18)7-16(8-11(2)5-14(19)20)23-9-12(3)6-15(21)22/h10-12H,4-9H2,1-3H3,(H,17,18)(H,19,20)(H,21,22). The van der Waals surface area contributed by atoms with E-state index in [1.165, 1.54) is 0 Å². The van der Waals surface area contributed by atoms with Gasteiger partial charge in [0.25, 0.3) is 0 Å². The molecule has 0 aromatic carbocycles. The van der Waals surface area contributed by atoms with Gasteiger partial charge in [0, 0.05) is 25.9 Å². The maximum absolute atomic E-state index is 10.7. The topological polar surface area (TPSA) is 124 Å². The summed E-state index contributed by atoms with van der Waals surface area (Å²) in [5, 5.41) is 27.9. The van der Waals surface area contributed by atoms with Gasteiger partial charge in [0.15, 0.2) is 0 Å². The Hall–Kier alpha value is -1.67. The predicted octanol–water partition coefficient (Wildman–Crippen LogP) is 1.55. The van der Waals surface area contributed by atoms with Gasteiger partial charge in [-0.05, 0) is 17.8 Å². The van der Waals surface area contributed by atoms with Crippen molar-refractivity contribution in [1.29, 1.82) is 0 Å². The molecule has 0 aromatic rings. The lowest BCUT2D eigenvalue weighted by molar-refractivity contribution is -0.184. The molecule has 8 heteroatoms. The largest absolute Gasteiger partial charge is 0.481 e. The molecular weight excluding hydrogens is 306 g/mol. The van der Waals surface area contributed by atoms with Gasteiger partial charge in [-0.1, -0.05) is 20.8 Å². The third-order valence-corrected chi connectivity index (χ3v) is 3.14. The average Bonchev–Trinajstić information content (AvgIpc) is 2.32. The van der Waals surface area contributed by atoms with Crippen LogP contribution in [0, 0.1) is 17.8 Å². The smallest absolute Gasteiger partial charge is 0.303 e. The van der Waals surface area contributed by atoms with Crippen LogP contribution in [-0.2, 0) is 19.2 Å². The van der Waals surface area contributed by atoms with Gasteiger partial charge in [0.1, 0.15) is 0 Å². The van der Waals surface area contributed by atoms with Crippen LogP contribution in [0.5, 0.6) is 0 Å². The van der Waals surface area contributed by atoms with E-state index in [9.17, 15) is 14.4 Å². The first-order valence-electron chi connectivity index (χ1n) is 7.63. The molecule has 3 unspecified atom stereocenters. The maximum Gasteiger partial charge on any atom is 0.303 e. The summed E-state index contributed by atoms with van der Waals surface area (Å²) in [6.45, 7) is 6.16. The summed E-state index contributed by atoms with van der Waals surface area (Å²) < 4.78 is 0. The highest BCUT2D eigenvalue weighted by atomic mass is 16.7. The van der Waals surface area contributed by atoms with Crippen molar-refractivity contribution in [3.63, 3.8) is 0 Å². The zero-order valence-electron chi connectivity index (χ0n) is 13.9. The van der Waals surface area contributed by atoms with E-state index >= 15 is 0 Å². The Labute approximate surface area is 136 Å². The van der Waals surface area contributed by atoms with E-state index in [2.05, 4.69) is 0 Å². The van der Waals surface area contributed by atoms with E-state index < -0.39 is 17.9 Å². The first-order chi connectivity index (χ1) is 10.6. The van der Waals surface area contributed by atoms with Crippen LogP contribution in [-0.4, -0.2) is 58.0 Å². The van der Waals surface area contributed by atoms with Gasteiger partial charge >= 0.3 is 17.9 Å². The van der Waals surface area contributed by atoms with Crippen LogP contribution >= 0.6 is 0 Å². The molecule has 0 radical (unpaired) electrons. The highest BCUT2D eigenvalue weighted by Crippen LogP contribution is 2.13. The number of carboxylic acids is 3. The molecule has 0 aliphatic heterocycles. The zero-order chi connectivity index (χ0) is 18.0. The summed E-state index contributed by atoms with van der Waals surface area (Å²) in [6.07, 6.45) is -0.0566. The van der Waals surface area contributed by atoms with E-state index in [0.717, 1.165) is 0 Å². The monoisotopic (exact) mass is 333 g/mol. The van der Waals surface area contributed by atoms with Crippen molar-refractivity contribution in [2.45, 2.75) is 40.0 Å². The molecule has 0 aliphatic rings. The van der Waals surface area contributed by atoms with Gasteiger partial charge < -0.3 is 15.3 Å². The Morgan fingerprint density at radius 2 is 1.13 bits per heavy atom. The number of carboxylic acid groups (broad SMARTS) is 3. The van der Waals surface area contributed by atoms with Crippen LogP contribution in [0.15, 0.2) is 0 Å². The fraction of sp³-hybridized carbons (Fsp3) is 0.800. The van der Waals surface area contributed by atoms with Crippen molar-refractivity contribution in [2.75, 3.05) is 19.7 Å². The van der Waals surface area contributed by atoms with Gasteiger partial charge in [-0.25, -0.2) is 0 Å². The molecular formula is C15H27NO7. The van der Waals surface area contributed by atoms with Gasteiger partial charge in [-0.3, -0.25) is 19.2 Å². The molecule has 0 spiro atoms. The quantitative estimate of drug-likeness (QED) is 0.434. The fourth-order valence-electron chi connectivity index (χ4n) is 2.19. The Balaban J connectivity index is 4.55. The summed E-state index contributed by atoms with van der Waals surface area (Å²) in [6, 6.07) is 0. The number of rotatable bonds is 13. The van der Waals surface area contributed by atoms with Gasteiger partial charge in [-0.2, -0.15) is 5.06 Å². The number of carbonyl (C=O) groups is 3. The van der Waals surface area contributed by atoms with Crippen LogP contribution in [0.3, 0.4) is 0 Å². The highest BCUT2D eigenvalue weighted by Gasteiger charge is 2.19. The van der Waals surface area contributed by atoms with E-state index in [-0.39, 0.29) is 43.6 Å². The Morgan fingerprint density at radius 3 is 1.48 bits per heavy atom. The lowest BCUT2D eigenvalue weighted by Gasteiger charge is -2.28. The second-order valence-corrected chi connectivity index (χ2v) is 6.25. The molecule has 3 atom stereocenters. The minimum Gasteiger partial charge on any atom is -0.481 e. The van der Waals surface area contributed by atoms with Crippen molar-refractivity contribution in [1.82, 2.24) is 5.06 Å². The van der Waals surface area contributed by atoms with Gasteiger partial charge in [-0.15, -0.1) is 0 Å². The average molecular weight is 333 g/mol. The number of hydrogen-bond acceptors (Lipinski definition) is 5. The minimum absolute atomic E-state index is 0.0160. The summed E-state index contributed by atoms with van der Waals surface area (Å²) in [5.74, 6) is -3.25. The zero-order valence-corrected chi connectivity index (χ0v) is 13.9. The molecule has 0 aliphatic carbocycles. The third-order valence-electron chi connectivity index (χ3n) is 3.14. The van der Waals surface area contributed by atoms with Crippen molar-refractivity contribution in [3.8, 4) is 0 Å². The third kappa shape index (κ3) is 12.5. The van der Waals surface area contributed by atoms with Crippen molar-refractivity contribution >= 4 is 17.9 Å². The molecule has 3 N–H and O–H groups in total. The van der Waals surface area contributed by atoms with E-state index in [0.29, 0.717) is 13.1 Å². The Bertz CT molecular complexity index is 375. The van der Waals surface area contributed by atoms with Crippen LogP contribution in [0.4, 0.5) is 0 Å². The SMILES string of the molecule is CC(CON(CC(C)CC(=O)O)CC(C)CC(=O)O)CC(=O)O. The normalized spacial score (nSPS) is 15.1. The fourth-order valence-corrected chi connectivity index (χ4v) is 2.19. The molecule has 0 bridgehead atoms. The number of hydrogen-bond donors (Lipinski definition) is 3. The summed E-state index contributed by atoms with van der Waals surface area (Å²) in [4.78, 5) is 37.7. The molecule has 0 saturated heterocycles. The maximum atomic E-state index is 10.7. The number of aliphatic carboxylic acids is 3. The molecule has 134 valence electrons. The van der Waals surface area contributed by atoms with Crippen molar-refractivity contribution in [3.05, 3.63) is 0 Å². The molecule has 8 nitrogen and oxygen atoms in total. The molecule has 0 aromatic heterocycles. The van der Waals surface area contributed by atoms with Crippen molar-refractivity contribution in [2.24, 2.45) is 17.8 Å². The first-order valence-corrected chi connectivity index (χ1v) is 7.63. The molecule has 0 rings (SSSR count). The van der Waals surface area contributed by atoms with E-state index in [1.807, 2.05) is 0 Å².